The van der Waals surface area contributed by atoms with E-state index in [2.05, 4.69) is 11.1 Å². The zero-order valence-corrected chi connectivity index (χ0v) is 12.1. The van der Waals surface area contributed by atoms with Crippen LogP contribution in [-0.4, -0.2) is 30.1 Å². The molecule has 20 heavy (non-hydrogen) atoms. The summed E-state index contributed by atoms with van der Waals surface area (Å²) in [5.74, 6) is 0.158. The summed E-state index contributed by atoms with van der Waals surface area (Å²) in [6, 6.07) is 3.88. The van der Waals surface area contributed by atoms with Crippen molar-refractivity contribution in [3.05, 3.63) is 17.8 Å². The van der Waals surface area contributed by atoms with E-state index in [4.69, 9.17) is 15.7 Å². The lowest BCUT2D eigenvalue weighted by molar-refractivity contribution is 0.0527. The number of pyridine rings is 1. The van der Waals surface area contributed by atoms with Crippen molar-refractivity contribution in [2.45, 2.75) is 33.2 Å². The highest BCUT2D eigenvalue weighted by Gasteiger charge is 2.17. The van der Waals surface area contributed by atoms with Crippen LogP contribution in [0.5, 0.6) is 0 Å². The molecule has 0 aliphatic carbocycles. The zero-order chi connectivity index (χ0) is 15.1. The number of ether oxygens (including phenoxy) is 1. The molecule has 0 spiro atoms. The van der Waals surface area contributed by atoms with Crippen LogP contribution in [0.2, 0.25) is 0 Å². The molecule has 1 heterocycles. The molecule has 0 radical (unpaired) electrons. The van der Waals surface area contributed by atoms with Gasteiger partial charge in [-0.3, -0.25) is 0 Å². The Labute approximate surface area is 119 Å². The zero-order valence-electron chi connectivity index (χ0n) is 12.1. The molecule has 0 fully saturated rings. The van der Waals surface area contributed by atoms with Gasteiger partial charge in [0.25, 0.3) is 0 Å². The molecule has 0 saturated heterocycles. The van der Waals surface area contributed by atoms with Gasteiger partial charge in [-0.25, -0.2) is 9.78 Å². The Morgan fingerprint density at radius 2 is 2.30 bits per heavy atom. The van der Waals surface area contributed by atoms with Gasteiger partial charge in [-0.2, -0.15) is 5.26 Å². The van der Waals surface area contributed by atoms with Crippen molar-refractivity contribution in [1.29, 1.82) is 5.26 Å². The minimum absolute atomic E-state index is 0.162. The van der Waals surface area contributed by atoms with E-state index in [1.807, 2.05) is 18.7 Å². The molecule has 6 nitrogen and oxygen atoms in total. The second kappa shape index (κ2) is 7.34. The van der Waals surface area contributed by atoms with Crippen molar-refractivity contribution in [3.8, 4) is 6.07 Å². The first-order chi connectivity index (χ1) is 9.51. The van der Waals surface area contributed by atoms with Crippen LogP contribution in [0, 0.1) is 11.3 Å². The van der Waals surface area contributed by atoms with Gasteiger partial charge < -0.3 is 15.4 Å². The predicted octanol–water partition coefficient (Wildman–Crippen LogP) is 1.97. The first kappa shape index (κ1) is 15.8. The Hall–Kier alpha value is -2.29. The fourth-order valence-electron chi connectivity index (χ4n) is 1.81. The molecular weight excluding hydrogens is 256 g/mol. The van der Waals surface area contributed by atoms with E-state index >= 15 is 0 Å². The smallest absolute Gasteiger partial charge is 0.340 e. The lowest BCUT2D eigenvalue weighted by Crippen LogP contribution is -2.32. The van der Waals surface area contributed by atoms with E-state index in [9.17, 15) is 4.79 Å². The lowest BCUT2D eigenvalue weighted by atomic mass is 10.2. The van der Waals surface area contributed by atoms with E-state index in [-0.39, 0.29) is 18.3 Å². The summed E-state index contributed by atoms with van der Waals surface area (Å²) in [6.07, 6.45) is 1.84. The van der Waals surface area contributed by atoms with Gasteiger partial charge in [-0.1, -0.05) is 0 Å². The average Bonchev–Trinajstić information content (AvgIpc) is 2.40. The highest BCUT2D eigenvalue weighted by Crippen LogP contribution is 2.21. The normalized spacial score (nSPS) is 10.2. The second-order valence-corrected chi connectivity index (χ2v) is 4.55. The quantitative estimate of drug-likeness (QED) is 0.798. The standard InChI is InChI=1S/C14H20N4O2/c1-4-20-14(19)11-8-13(17-9-12(11)16)18(10(2)3)7-5-6-15/h8-10H,4-5,7,16H2,1-3H3. The molecule has 0 unspecified atom stereocenters. The molecule has 1 aromatic rings. The number of carbonyl (C=O) groups is 1. The lowest BCUT2D eigenvalue weighted by Gasteiger charge is -2.27. The number of hydrogen-bond donors (Lipinski definition) is 1. The minimum atomic E-state index is -0.461. The summed E-state index contributed by atoms with van der Waals surface area (Å²) in [6.45, 7) is 6.58. The van der Waals surface area contributed by atoms with Crippen LogP contribution < -0.4 is 10.6 Å². The van der Waals surface area contributed by atoms with Crippen molar-refractivity contribution in [1.82, 2.24) is 4.98 Å². The molecule has 1 aromatic heterocycles. The summed E-state index contributed by atoms with van der Waals surface area (Å²) in [4.78, 5) is 18.0. The van der Waals surface area contributed by atoms with Gasteiger partial charge in [0.1, 0.15) is 5.82 Å². The van der Waals surface area contributed by atoms with Crippen molar-refractivity contribution < 1.29 is 9.53 Å². The highest BCUT2D eigenvalue weighted by molar-refractivity contribution is 5.95. The van der Waals surface area contributed by atoms with Crippen LogP contribution in [-0.2, 0) is 4.74 Å². The Morgan fingerprint density at radius 3 is 2.85 bits per heavy atom. The average molecular weight is 276 g/mol. The van der Waals surface area contributed by atoms with Crippen molar-refractivity contribution >= 4 is 17.5 Å². The number of aromatic nitrogens is 1. The molecule has 0 aliphatic rings. The molecule has 108 valence electrons. The van der Waals surface area contributed by atoms with Crippen molar-refractivity contribution in [3.63, 3.8) is 0 Å². The van der Waals surface area contributed by atoms with Crippen LogP contribution in [0.15, 0.2) is 12.3 Å². The molecule has 0 atom stereocenters. The molecule has 1 rings (SSSR count). The van der Waals surface area contributed by atoms with Crippen LogP contribution in [0.25, 0.3) is 0 Å². The Balaban J connectivity index is 3.08. The maximum absolute atomic E-state index is 11.8. The van der Waals surface area contributed by atoms with Crippen LogP contribution in [0.3, 0.4) is 0 Å². The van der Waals surface area contributed by atoms with E-state index in [1.54, 1.807) is 13.0 Å². The van der Waals surface area contributed by atoms with Crippen molar-refractivity contribution in [2.75, 3.05) is 23.8 Å². The number of anilines is 2. The maximum Gasteiger partial charge on any atom is 0.340 e. The number of rotatable bonds is 6. The second-order valence-electron chi connectivity index (χ2n) is 4.55. The summed E-state index contributed by atoms with van der Waals surface area (Å²) in [7, 11) is 0. The molecule has 0 aromatic carbocycles. The van der Waals surface area contributed by atoms with E-state index < -0.39 is 5.97 Å². The van der Waals surface area contributed by atoms with Gasteiger partial charge in [-0.05, 0) is 26.8 Å². The molecule has 0 aliphatic heterocycles. The largest absolute Gasteiger partial charge is 0.462 e. The minimum Gasteiger partial charge on any atom is -0.462 e. The third-order valence-electron chi connectivity index (χ3n) is 2.80. The molecule has 2 N–H and O–H groups in total. The number of nitrogens with zero attached hydrogens (tertiary/aromatic N) is 3. The third-order valence-corrected chi connectivity index (χ3v) is 2.80. The number of nitriles is 1. The number of nitrogens with two attached hydrogens (primary N) is 1. The predicted molar refractivity (Wildman–Crippen MR) is 77.3 cm³/mol. The number of carbonyl (C=O) groups excluding carboxylic acids is 1. The first-order valence-corrected chi connectivity index (χ1v) is 6.57. The number of hydrogen-bond acceptors (Lipinski definition) is 6. The third kappa shape index (κ3) is 3.85. The molecule has 6 heteroatoms. The summed E-state index contributed by atoms with van der Waals surface area (Å²) >= 11 is 0. The highest BCUT2D eigenvalue weighted by atomic mass is 16.5. The fraction of sp³-hybridized carbons (Fsp3) is 0.500. The van der Waals surface area contributed by atoms with Crippen LogP contribution in [0.4, 0.5) is 11.5 Å². The number of nitrogen functional groups attached to an aromatic ring is 1. The Bertz CT molecular complexity index is 508. The van der Waals surface area contributed by atoms with Crippen molar-refractivity contribution in [2.24, 2.45) is 0 Å². The van der Waals surface area contributed by atoms with Crippen LogP contribution >= 0.6 is 0 Å². The monoisotopic (exact) mass is 276 g/mol. The Morgan fingerprint density at radius 1 is 1.60 bits per heavy atom. The molecule has 0 saturated carbocycles. The Kier molecular flexibility index (Phi) is 5.78. The maximum atomic E-state index is 11.8. The van der Waals surface area contributed by atoms with Gasteiger partial charge in [0.05, 0.1) is 36.5 Å². The SMILES string of the molecule is CCOC(=O)c1cc(N(CCC#N)C(C)C)ncc1N. The fourth-order valence-corrected chi connectivity index (χ4v) is 1.81. The van der Waals surface area contributed by atoms with Gasteiger partial charge in [0, 0.05) is 12.6 Å². The van der Waals surface area contributed by atoms with Gasteiger partial charge in [0.15, 0.2) is 0 Å². The van der Waals surface area contributed by atoms with E-state index in [1.165, 1.54) is 6.20 Å². The van der Waals surface area contributed by atoms with E-state index in [0.717, 1.165) is 0 Å². The summed E-state index contributed by atoms with van der Waals surface area (Å²) in [5.41, 5.74) is 6.36. The van der Waals surface area contributed by atoms with E-state index in [0.29, 0.717) is 24.3 Å². The first-order valence-electron chi connectivity index (χ1n) is 6.57. The number of esters is 1. The molecular formula is C14H20N4O2. The van der Waals surface area contributed by atoms with Crippen LogP contribution in [0.1, 0.15) is 37.6 Å². The summed E-state index contributed by atoms with van der Waals surface area (Å²) in [5, 5.41) is 8.71. The molecule has 0 bridgehead atoms. The molecule has 0 amide bonds. The van der Waals surface area contributed by atoms with Gasteiger partial charge in [0.2, 0.25) is 0 Å². The van der Waals surface area contributed by atoms with Gasteiger partial charge in [-0.15, -0.1) is 0 Å². The summed E-state index contributed by atoms with van der Waals surface area (Å²) < 4.78 is 4.97. The van der Waals surface area contributed by atoms with Gasteiger partial charge >= 0.3 is 5.97 Å². The topological polar surface area (TPSA) is 92.2 Å².